The first-order chi connectivity index (χ1) is 8.58. The number of nitrogens with zero attached hydrogens (tertiary/aromatic N) is 1. The van der Waals surface area contributed by atoms with Gasteiger partial charge >= 0.3 is 0 Å². The van der Waals surface area contributed by atoms with Crippen LogP contribution < -0.4 is 5.32 Å². The molecule has 0 aliphatic carbocycles. The fraction of sp³-hybridized carbons (Fsp3) is 0.625. The summed E-state index contributed by atoms with van der Waals surface area (Å²) in [6.45, 7) is 10.2. The summed E-state index contributed by atoms with van der Waals surface area (Å²) in [6.07, 6.45) is 1.27. The van der Waals surface area contributed by atoms with Crippen LogP contribution in [0.4, 0.5) is 0 Å². The summed E-state index contributed by atoms with van der Waals surface area (Å²) in [5.41, 5.74) is 4.22. The highest BCUT2D eigenvalue weighted by Gasteiger charge is 2.24. The Morgan fingerprint density at radius 3 is 2.44 bits per heavy atom. The van der Waals surface area contributed by atoms with Crippen molar-refractivity contribution in [3.8, 4) is 0 Å². The molecule has 1 saturated heterocycles. The first-order valence-corrected chi connectivity index (χ1v) is 7.05. The molecule has 1 aliphatic heterocycles. The van der Waals surface area contributed by atoms with Crippen molar-refractivity contribution in [3.05, 3.63) is 34.9 Å². The summed E-state index contributed by atoms with van der Waals surface area (Å²) in [5, 5.41) is 3.43. The van der Waals surface area contributed by atoms with E-state index in [4.69, 9.17) is 0 Å². The Labute approximate surface area is 111 Å². The summed E-state index contributed by atoms with van der Waals surface area (Å²) in [6, 6.07) is 7.59. The van der Waals surface area contributed by atoms with Crippen LogP contribution in [0.5, 0.6) is 0 Å². The minimum absolute atomic E-state index is 0.695. The van der Waals surface area contributed by atoms with Crippen molar-refractivity contribution in [2.24, 2.45) is 5.92 Å². The van der Waals surface area contributed by atoms with Gasteiger partial charge in [0.15, 0.2) is 0 Å². The first kappa shape index (κ1) is 13.6. The minimum atomic E-state index is 0.695. The van der Waals surface area contributed by atoms with Crippen molar-refractivity contribution in [1.82, 2.24) is 10.2 Å². The molecule has 0 amide bonds. The SMILES string of the molecule is CNC1CCN(Cc2cc(C)cc(C)c2)CC1C. The highest BCUT2D eigenvalue weighted by atomic mass is 15.1. The third-order valence-electron chi connectivity index (χ3n) is 4.05. The Hall–Kier alpha value is -0.860. The van der Waals surface area contributed by atoms with Crippen molar-refractivity contribution < 1.29 is 0 Å². The van der Waals surface area contributed by atoms with E-state index >= 15 is 0 Å². The number of nitrogens with one attached hydrogen (secondary N) is 1. The Bertz CT molecular complexity index is 380. The van der Waals surface area contributed by atoms with Crippen molar-refractivity contribution in [3.63, 3.8) is 0 Å². The number of benzene rings is 1. The summed E-state index contributed by atoms with van der Waals surface area (Å²) >= 11 is 0. The van der Waals surface area contributed by atoms with Gasteiger partial charge in [0.2, 0.25) is 0 Å². The number of hydrogen-bond donors (Lipinski definition) is 1. The van der Waals surface area contributed by atoms with Crippen molar-refractivity contribution in [2.45, 2.75) is 39.8 Å². The molecule has 100 valence electrons. The van der Waals surface area contributed by atoms with Crippen molar-refractivity contribution in [2.75, 3.05) is 20.1 Å². The Kier molecular flexibility index (Phi) is 4.41. The van der Waals surface area contributed by atoms with Crippen LogP contribution in [0.25, 0.3) is 0 Å². The Morgan fingerprint density at radius 2 is 1.89 bits per heavy atom. The molecule has 2 nitrogen and oxygen atoms in total. The van der Waals surface area contributed by atoms with Crippen molar-refractivity contribution >= 4 is 0 Å². The van der Waals surface area contributed by atoms with Gasteiger partial charge in [-0.15, -0.1) is 0 Å². The van der Waals surface area contributed by atoms with Crippen LogP contribution in [0.15, 0.2) is 18.2 Å². The first-order valence-electron chi connectivity index (χ1n) is 7.05. The molecule has 1 N–H and O–H groups in total. The van der Waals surface area contributed by atoms with Gasteiger partial charge in [-0.2, -0.15) is 0 Å². The van der Waals surface area contributed by atoms with Gasteiger partial charge in [0.05, 0.1) is 0 Å². The van der Waals surface area contributed by atoms with Crippen LogP contribution >= 0.6 is 0 Å². The third kappa shape index (κ3) is 3.33. The smallest absolute Gasteiger partial charge is 0.0234 e. The second-order valence-electron chi connectivity index (χ2n) is 5.89. The maximum absolute atomic E-state index is 3.43. The third-order valence-corrected chi connectivity index (χ3v) is 4.05. The number of rotatable bonds is 3. The molecular weight excluding hydrogens is 220 g/mol. The molecule has 1 heterocycles. The van der Waals surface area contributed by atoms with Crippen molar-refractivity contribution in [1.29, 1.82) is 0 Å². The Balaban J connectivity index is 1.98. The predicted octanol–water partition coefficient (Wildman–Crippen LogP) is 2.73. The second kappa shape index (κ2) is 5.85. The molecule has 1 aromatic rings. The standard InChI is InChI=1S/C16H26N2/c1-12-7-13(2)9-15(8-12)11-18-6-5-16(17-4)14(3)10-18/h7-9,14,16-17H,5-6,10-11H2,1-4H3. The van der Waals surface area contributed by atoms with Crippen LogP contribution in [0.1, 0.15) is 30.0 Å². The predicted molar refractivity (Wildman–Crippen MR) is 77.8 cm³/mol. The maximum Gasteiger partial charge on any atom is 0.0234 e. The lowest BCUT2D eigenvalue weighted by atomic mass is 9.93. The minimum Gasteiger partial charge on any atom is -0.317 e. The number of likely N-dealkylation sites (tertiary alicyclic amines) is 1. The highest BCUT2D eigenvalue weighted by molar-refractivity contribution is 5.28. The van der Waals surface area contributed by atoms with Crippen LogP contribution in [0, 0.1) is 19.8 Å². The van der Waals surface area contributed by atoms with E-state index in [0.29, 0.717) is 6.04 Å². The van der Waals surface area contributed by atoms with Crippen LogP contribution in [0.3, 0.4) is 0 Å². The fourth-order valence-corrected chi connectivity index (χ4v) is 3.22. The van der Waals surface area contributed by atoms with Gasteiger partial charge in [-0.05, 0) is 45.3 Å². The summed E-state index contributed by atoms with van der Waals surface area (Å²) in [7, 11) is 2.08. The Morgan fingerprint density at radius 1 is 1.22 bits per heavy atom. The van der Waals surface area contributed by atoms with E-state index < -0.39 is 0 Å². The molecule has 1 aliphatic rings. The van der Waals surface area contributed by atoms with E-state index in [2.05, 4.69) is 56.2 Å². The molecule has 2 unspecified atom stereocenters. The molecule has 0 radical (unpaired) electrons. The molecule has 18 heavy (non-hydrogen) atoms. The fourth-order valence-electron chi connectivity index (χ4n) is 3.22. The molecule has 0 spiro atoms. The zero-order valence-corrected chi connectivity index (χ0v) is 12.2. The maximum atomic E-state index is 3.43. The molecular formula is C16H26N2. The number of aryl methyl sites for hydroxylation is 2. The van der Waals surface area contributed by atoms with Gasteiger partial charge in [0.1, 0.15) is 0 Å². The lowest BCUT2D eigenvalue weighted by molar-refractivity contribution is 0.145. The molecule has 0 bridgehead atoms. The lowest BCUT2D eigenvalue weighted by Crippen LogP contribution is -2.46. The number of piperidine rings is 1. The van der Waals surface area contributed by atoms with Crippen LogP contribution in [-0.4, -0.2) is 31.1 Å². The average Bonchev–Trinajstić information content (AvgIpc) is 2.27. The van der Waals surface area contributed by atoms with E-state index in [0.717, 1.165) is 12.5 Å². The summed E-state index contributed by atoms with van der Waals surface area (Å²) in [5.74, 6) is 0.745. The van der Waals surface area contributed by atoms with E-state index in [1.54, 1.807) is 0 Å². The van der Waals surface area contributed by atoms with Crippen LogP contribution in [0.2, 0.25) is 0 Å². The number of hydrogen-bond acceptors (Lipinski definition) is 2. The van der Waals surface area contributed by atoms with Gasteiger partial charge in [0.25, 0.3) is 0 Å². The molecule has 1 fully saturated rings. The molecule has 1 aromatic carbocycles. The quantitative estimate of drug-likeness (QED) is 0.882. The molecule has 2 atom stereocenters. The van der Waals surface area contributed by atoms with Gasteiger partial charge < -0.3 is 5.32 Å². The van der Waals surface area contributed by atoms with E-state index in [1.165, 1.54) is 36.2 Å². The normalized spacial score (nSPS) is 25.3. The molecule has 2 heteroatoms. The van der Waals surface area contributed by atoms with Gasteiger partial charge in [-0.3, -0.25) is 4.90 Å². The van der Waals surface area contributed by atoms with E-state index in [9.17, 15) is 0 Å². The monoisotopic (exact) mass is 246 g/mol. The van der Waals surface area contributed by atoms with E-state index in [1.807, 2.05) is 0 Å². The van der Waals surface area contributed by atoms with E-state index in [-0.39, 0.29) is 0 Å². The summed E-state index contributed by atoms with van der Waals surface area (Å²) < 4.78 is 0. The average molecular weight is 246 g/mol. The molecule has 0 saturated carbocycles. The van der Waals surface area contributed by atoms with Gasteiger partial charge in [-0.25, -0.2) is 0 Å². The topological polar surface area (TPSA) is 15.3 Å². The highest BCUT2D eigenvalue weighted by Crippen LogP contribution is 2.19. The molecule has 0 aromatic heterocycles. The largest absolute Gasteiger partial charge is 0.317 e. The zero-order chi connectivity index (χ0) is 13.1. The zero-order valence-electron chi connectivity index (χ0n) is 12.2. The van der Waals surface area contributed by atoms with Gasteiger partial charge in [0, 0.05) is 19.1 Å². The van der Waals surface area contributed by atoms with Crippen LogP contribution in [-0.2, 0) is 6.54 Å². The van der Waals surface area contributed by atoms with Gasteiger partial charge in [-0.1, -0.05) is 36.2 Å². The lowest BCUT2D eigenvalue weighted by Gasteiger charge is -2.36. The molecule has 2 rings (SSSR count). The summed E-state index contributed by atoms with van der Waals surface area (Å²) in [4.78, 5) is 2.59. The second-order valence-corrected chi connectivity index (χ2v) is 5.89.